The summed E-state index contributed by atoms with van der Waals surface area (Å²) in [6.45, 7) is 4.36. The Hall–Kier alpha value is -0.160. The summed E-state index contributed by atoms with van der Waals surface area (Å²) in [6, 6.07) is 0. The van der Waals surface area contributed by atoms with Gasteiger partial charge in [-0.3, -0.25) is 0 Å². The molecule has 2 fully saturated rings. The average Bonchev–Trinajstić information content (AvgIpc) is 2.42. The lowest BCUT2D eigenvalue weighted by atomic mass is 10.2. The van der Waals surface area contributed by atoms with Gasteiger partial charge in [-0.05, 0) is 13.8 Å². The van der Waals surface area contributed by atoms with Crippen LogP contribution in [0.1, 0.15) is 13.8 Å². The topological polar surface area (TPSA) is 36.9 Å². The molecule has 0 aromatic rings. The van der Waals surface area contributed by atoms with Crippen LogP contribution in [0.2, 0.25) is 0 Å². The van der Waals surface area contributed by atoms with E-state index >= 15 is 0 Å². The van der Waals surface area contributed by atoms with Crippen molar-refractivity contribution >= 4 is 0 Å². The van der Waals surface area contributed by atoms with Gasteiger partial charge in [0.05, 0.1) is 6.61 Å². The van der Waals surface area contributed by atoms with E-state index in [0.29, 0.717) is 6.61 Å². The highest BCUT2D eigenvalue weighted by molar-refractivity contribution is 4.88. The lowest BCUT2D eigenvalue weighted by Gasteiger charge is -2.20. The molecule has 4 nitrogen and oxygen atoms in total. The maximum Gasteiger partial charge on any atom is 0.186 e. The third-order valence-corrected chi connectivity index (χ3v) is 2.15. The Labute approximate surface area is 71.7 Å². The number of rotatable bonds is 1. The minimum Gasteiger partial charge on any atom is -0.353 e. The number of hydrogen-bond acceptors (Lipinski definition) is 4. The average molecular weight is 174 g/mol. The zero-order chi connectivity index (χ0) is 8.77. The molecule has 4 heteroatoms. The fraction of sp³-hybridized carbons (Fsp3) is 1.00. The predicted octanol–water partition coefficient (Wildman–Crippen LogP) is 0.509. The monoisotopic (exact) mass is 174 g/mol. The predicted molar refractivity (Wildman–Crippen MR) is 40.6 cm³/mol. The molecular formula is C8H14O4. The first-order valence-corrected chi connectivity index (χ1v) is 4.12. The van der Waals surface area contributed by atoms with Gasteiger partial charge < -0.3 is 18.9 Å². The van der Waals surface area contributed by atoms with E-state index in [-0.39, 0.29) is 18.5 Å². The highest BCUT2D eigenvalue weighted by Crippen LogP contribution is 2.35. The Balaban J connectivity index is 2.06. The molecule has 2 aliphatic heterocycles. The molecule has 0 aromatic heterocycles. The summed E-state index contributed by atoms with van der Waals surface area (Å²) in [5.41, 5.74) is 0. The van der Waals surface area contributed by atoms with Crippen molar-refractivity contribution in [1.82, 2.24) is 0 Å². The molecule has 0 bridgehead atoms. The van der Waals surface area contributed by atoms with E-state index in [2.05, 4.69) is 0 Å². The quantitative estimate of drug-likeness (QED) is 0.580. The van der Waals surface area contributed by atoms with E-state index in [1.807, 2.05) is 13.8 Å². The van der Waals surface area contributed by atoms with Gasteiger partial charge in [0.2, 0.25) is 0 Å². The summed E-state index contributed by atoms with van der Waals surface area (Å²) < 4.78 is 21.6. The Morgan fingerprint density at radius 2 is 2.08 bits per heavy atom. The Bertz CT molecular complexity index is 180. The van der Waals surface area contributed by atoms with Gasteiger partial charge in [0.1, 0.15) is 12.2 Å². The molecule has 0 spiro atoms. The molecule has 0 amide bonds. The van der Waals surface area contributed by atoms with Crippen LogP contribution in [0.3, 0.4) is 0 Å². The fourth-order valence-corrected chi connectivity index (χ4v) is 1.71. The molecule has 0 aromatic carbocycles. The minimum atomic E-state index is -0.490. The van der Waals surface area contributed by atoms with Gasteiger partial charge in [-0.25, -0.2) is 0 Å². The molecular weight excluding hydrogens is 160 g/mol. The number of ether oxygens (including phenoxy) is 4. The molecule has 0 saturated carbocycles. The molecule has 0 N–H and O–H groups in total. The summed E-state index contributed by atoms with van der Waals surface area (Å²) >= 11 is 0. The molecule has 2 saturated heterocycles. The van der Waals surface area contributed by atoms with Crippen LogP contribution in [0.5, 0.6) is 0 Å². The third-order valence-electron chi connectivity index (χ3n) is 2.15. The zero-order valence-corrected chi connectivity index (χ0v) is 7.57. The third kappa shape index (κ3) is 1.25. The smallest absolute Gasteiger partial charge is 0.186 e. The van der Waals surface area contributed by atoms with Crippen LogP contribution in [-0.4, -0.2) is 38.0 Å². The van der Waals surface area contributed by atoms with Gasteiger partial charge in [0, 0.05) is 7.11 Å². The molecule has 12 heavy (non-hydrogen) atoms. The van der Waals surface area contributed by atoms with Crippen LogP contribution in [0.25, 0.3) is 0 Å². The SMILES string of the molecule is COC1OCC2OC(C)(C)OC21. The molecule has 2 heterocycles. The van der Waals surface area contributed by atoms with Crippen molar-refractivity contribution < 1.29 is 18.9 Å². The Kier molecular flexibility index (Phi) is 1.88. The van der Waals surface area contributed by atoms with Crippen molar-refractivity contribution in [3.05, 3.63) is 0 Å². The van der Waals surface area contributed by atoms with Gasteiger partial charge in [0.25, 0.3) is 0 Å². The van der Waals surface area contributed by atoms with Gasteiger partial charge in [-0.2, -0.15) is 0 Å². The Morgan fingerprint density at radius 3 is 2.75 bits per heavy atom. The van der Waals surface area contributed by atoms with Crippen molar-refractivity contribution in [2.24, 2.45) is 0 Å². The standard InChI is InChI=1S/C8H14O4/c1-8(2)11-5-4-10-7(9-3)6(5)12-8/h5-7H,4H2,1-3H3. The molecule has 0 aliphatic carbocycles. The number of hydrogen-bond donors (Lipinski definition) is 0. The molecule has 2 aliphatic rings. The second-order valence-electron chi connectivity index (χ2n) is 3.58. The summed E-state index contributed by atoms with van der Waals surface area (Å²) in [7, 11) is 1.61. The van der Waals surface area contributed by atoms with Crippen LogP contribution in [0, 0.1) is 0 Å². The molecule has 70 valence electrons. The minimum absolute atomic E-state index is 0.0324. The summed E-state index contributed by atoms with van der Waals surface area (Å²) in [6.07, 6.45) is -0.299. The van der Waals surface area contributed by atoms with E-state index in [4.69, 9.17) is 18.9 Å². The maximum absolute atomic E-state index is 5.60. The normalized spacial score (nSPS) is 44.8. The fourth-order valence-electron chi connectivity index (χ4n) is 1.71. The highest BCUT2D eigenvalue weighted by atomic mass is 16.8. The molecule has 3 atom stereocenters. The van der Waals surface area contributed by atoms with Crippen LogP contribution in [-0.2, 0) is 18.9 Å². The molecule has 3 unspecified atom stereocenters. The highest BCUT2D eigenvalue weighted by Gasteiger charge is 2.50. The van der Waals surface area contributed by atoms with E-state index in [0.717, 1.165) is 0 Å². The summed E-state index contributed by atoms with van der Waals surface area (Å²) in [5, 5.41) is 0. The van der Waals surface area contributed by atoms with E-state index < -0.39 is 5.79 Å². The van der Waals surface area contributed by atoms with Gasteiger partial charge >= 0.3 is 0 Å². The van der Waals surface area contributed by atoms with Crippen molar-refractivity contribution in [2.45, 2.75) is 38.1 Å². The lowest BCUT2D eigenvalue weighted by Crippen LogP contribution is -2.30. The van der Waals surface area contributed by atoms with Crippen molar-refractivity contribution in [3.63, 3.8) is 0 Å². The first-order chi connectivity index (χ1) is 5.62. The zero-order valence-electron chi connectivity index (χ0n) is 7.57. The Morgan fingerprint density at radius 1 is 1.33 bits per heavy atom. The maximum atomic E-state index is 5.60. The van der Waals surface area contributed by atoms with Crippen molar-refractivity contribution in [3.8, 4) is 0 Å². The van der Waals surface area contributed by atoms with Crippen molar-refractivity contribution in [2.75, 3.05) is 13.7 Å². The lowest BCUT2D eigenvalue weighted by molar-refractivity contribution is -0.212. The number of methoxy groups -OCH3 is 1. The van der Waals surface area contributed by atoms with Crippen LogP contribution in [0.15, 0.2) is 0 Å². The first-order valence-electron chi connectivity index (χ1n) is 4.12. The van der Waals surface area contributed by atoms with Crippen LogP contribution < -0.4 is 0 Å². The van der Waals surface area contributed by atoms with Crippen molar-refractivity contribution in [1.29, 1.82) is 0 Å². The summed E-state index contributed by atoms with van der Waals surface area (Å²) in [5.74, 6) is -0.490. The van der Waals surface area contributed by atoms with Crippen LogP contribution >= 0.6 is 0 Å². The van der Waals surface area contributed by atoms with Gasteiger partial charge in [-0.15, -0.1) is 0 Å². The van der Waals surface area contributed by atoms with E-state index in [9.17, 15) is 0 Å². The summed E-state index contributed by atoms with van der Waals surface area (Å²) in [4.78, 5) is 0. The van der Waals surface area contributed by atoms with Crippen LogP contribution in [0.4, 0.5) is 0 Å². The molecule has 0 radical (unpaired) electrons. The van der Waals surface area contributed by atoms with E-state index in [1.54, 1.807) is 7.11 Å². The second-order valence-corrected chi connectivity index (χ2v) is 3.58. The largest absolute Gasteiger partial charge is 0.353 e. The number of fused-ring (bicyclic) bond motifs is 1. The second kappa shape index (κ2) is 2.67. The first kappa shape index (κ1) is 8.44. The van der Waals surface area contributed by atoms with Gasteiger partial charge in [-0.1, -0.05) is 0 Å². The van der Waals surface area contributed by atoms with E-state index in [1.165, 1.54) is 0 Å². The molecule has 2 rings (SSSR count). The van der Waals surface area contributed by atoms with Gasteiger partial charge in [0.15, 0.2) is 12.1 Å².